The summed E-state index contributed by atoms with van der Waals surface area (Å²) in [7, 11) is 0. The lowest BCUT2D eigenvalue weighted by molar-refractivity contribution is -0.170. The molecule has 1 saturated heterocycles. The van der Waals surface area contributed by atoms with Gasteiger partial charge in [-0.2, -0.15) is 13.2 Å². The number of esters is 1. The van der Waals surface area contributed by atoms with Crippen LogP contribution in [0.15, 0.2) is 24.3 Å². The van der Waals surface area contributed by atoms with Crippen LogP contribution in [0.2, 0.25) is 0 Å². The molecular formula is C22H30F3NO5. The van der Waals surface area contributed by atoms with Crippen molar-refractivity contribution < 1.29 is 37.3 Å². The van der Waals surface area contributed by atoms with Crippen molar-refractivity contribution in [3.05, 3.63) is 35.4 Å². The lowest BCUT2D eigenvalue weighted by Gasteiger charge is -2.44. The van der Waals surface area contributed by atoms with Gasteiger partial charge >= 0.3 is 18.2 Å². The highest BCUT2D eigenvalue weighted by Crippen LogP contribution is 2.38. The van der Waals surface area contributed by atoms with Crippen molar-refractivity contribution in [2.75, 3.05) is 19.7 Å². The number of ether oxygens (including phenoxy) is 2. The maximum Gasteiger partial charge on any atom is 0.416 e. The van der Waals surface area contributed by atoms with Gasteiger partial charge in [0, 0.05) is 13.1 Å². The molecular weight excluding hydrogens is 415 g/mol. The van der Waals surface area contributed by atoms with E-state index in [9.17, 15) is 27.9 Å². The number of aliphatic hydroxyl groups excluding tert-OH is 1. The lowest BCUT2D eigenvalue weighted by atomic mass is 9.73. The Hall–Kier alpha value is -2.29. The number of nitrogens with zero attached hydrogens (tertiary/aromatic N) is 1. The monoisotopic (exact) mass is 445 g/mol. The Morgan fingerprint density at radius 1 is 1.26 bits per heavy atom. The molecule has 174 valence electrons. The van der Waals surface area contributed by atoms with Gasteiger partial charge in [-0.15, -0.1) is 0 Å². The molecule has 2 atom stereocenters. The number of benzene rings is 1. The van der Waals surface area contributed by atoms with Crippen LogP contribution in [0.5, 0.6) is 0 Å². The smallest absolute Gasteiger partial charge is 0.416 e. The molecule has 0 aromatic heterocycles. The Morgan fingerprint density at radius 3 is 2.52 bits per heavy atom. The van der Waals surface area contributed by atoms with Gasteiger partial charge in [0.05, 0.1) is 18.3 Å². The molecule has 1 N–H and O–H groups in total. The summed E-state index contributed by atoms with van der Waals surface area (Å²) in [4.78, 5) is 26.8. The normalized spacial score (nSPS) is 22.2. The number of hydrogen-bond donors (Lipinski definition) is 1. The molecule has 2 rings (SSSR count). The molecule has 1 heterocycles. The summed E-state index contributed by atoms with van der Waals surface area (Å²) in [6.07, 6.45) is -5.95. The van der Waals surface area contributed by atoms with Gasteiger partial charge in [0.2, 0.25) is 0 Å². The summed E-state index contributed by atoms with van der Waals surface area (Å²) in [5, 5.41) is 10.8. The van der Waals surface area contributed by atoms with E-state index in [1.54, 1.807) is 27.7 Å². The predicted molar refractivity (Wildman–Crippen MR) is 107 cm³/mol. The maximum atomic E-state index is 13.0. The van der Waals surface area contributed by atoms with Crippen molar-refractivity contribution in [2.45, 2.75) is 64.8 Å². The van der Waals surface area contributed by atoms with E-state index in [0.717, 1.165) is 12.1 Å². The van der Waals surface area contributed by atoms with Crippen molar-refractivity contribution in [1.82, 2.24) is 4.90 Å². The molecule has 1 aliphatic rings. The van der Waals surface area contributed by atoms with E-state index in [1.165, 1.54) is 17.0 Å². The molecule has 31 heavy (non-hydrogen) atoms. The van der Waals surface area contributed by atoms with E-state index in [1.807, 2.05) is 0 Å². The third kappa shape index (κ3) is 6.35. The Bertz CT molecular complexity index is 790. The molecule has 0 aliphatic carbocycles. The second kappa shape index (κ2) is 9.46. The predicted octanol–water partition coefficient (Wildman–Crippen LogP) is 4.19. The minimum Gasteiger partial charge on any atom is -0.465 e. The van der Waals surface area contributed by atoms with E-state index in [2.05, 4.69) is 0 Å². The van der Waals surface area contributed by atoms with Crippen LogP contribution >= 0.6 is 0 Å². The summed E-state index contributed by atoms with van der Waals surface area (Å²) in [5.41, 5.74) is -2.60. The quantitative estimate of drug-likeness (QED) is 0.688. The second-order valence-corrected chi connectivity index (χ2v) is 8.78. The van der Waals surface area contributed by atoms with Gasteiger partial charge in [-0.3, -0.25) is 4.79 Å². The number of hydrogen-bond acceptors (Lipinski definition) is 5. The molecule has 1 aromatic rings. The Kier molecular flexibility index (Phi) is 7.62. The van der Waals surface area contributed by atoms with Crippen LogP contribution in [0, 0.1) is 5.41 Å². The van der Waals surface area contributed by atoms with Crippen LogP contribution in [0.4, 0.5) is 18.0 Å². The number of rotatable bonds is 5. The summed E-state index contributed by atoms with van der Waals surface area (Å²) < 4.78 is 49.7. The average Bonchev–Trinajstić information content (AvgIpc) is 2.66. The highest BCUT2D eigenvalue weighted by molar-refractivity contribution is 5.79. The number of alkyl halides is 3. The number of carbonyl (C=O) groups excluding carboxylic acids is 2. The van der Waals surface area contributed by atoms with E-state index in [0.29, 0.717) is 5.56 Å². The molecule has 0 radical (unpaired) electrons. The number of carbonyl (C=O) groups is 2. The van der Waals surface area contributed by atoms with Gasteiger partial charge in [-0.25, -0.2) is 4.79 Å². The molecule has 9 heteroatoms. The molecule has 2 unspecified atom stereocenters. The van der Waals surface area contributed by atoms with Crippen LogP contribution in [0.3, 0.4) is 0 Å². The summed E-state index contributed by atoms with van der Waals surface area (Å²) in [6.45, 7) is 6.91. The number of halogens is 3. The van der Waals surface area contributed by atoms with Gasteiger partial charge in [-0.1, -0.05) is 18.2 Å². The van der Waals surface area contributed by atoms with Crippen LogP contribution in [-0.2, 0) is 26.9 Å². The molecule has 1 aliphatic heterocycles. The molecule has 0 spiro atoms. The summed E-state index contributed by atoms with van der Waals surface area (Å²) in [6, 6.07) is 4.85. The number of aliphatic hydroxyl groups is 1. The van der Waals surface area contributed by atoms with Crippen LogP contribution in [0.1, 0.15) is 51.7 Å². The zero-order valence-corrected chi connectivity index (χ0v) is 18.3. The van der Waals surface area contributed by atoms with E-state index in [-0.39, 0.29) is 39.0 Å². The third-order valence-corrected chi connectivity index (χ3v) is 5.23. The van der Waals surface area contributed by atoms with Crippen molar-refractivity contribution in [1.29, 1.82) is 0 Å². The highest BCUT2D eigenvalue weighted by Gasteiger charge is 2.51. The number of piperidine rings is 1. The van der Waals surface area contributed by atoms with Crippen molar-refractivity contribution in [2.24, 2.45) is 5.41 Å². The van der Waals surface area contributed by atoms with Crippen molar-refractivity contribution in [3.8, 4) is 0 Å². The Morgan fingerprint density at radius 2 is 1.94 bits per heavy atom. The minimum atomic E-state index is -4.48. The number of likely N-dealkylation sites (tertiary alicyclic amines) is 1. The SMILES string of the molecule is CCOC(=O)C1(CCc2cccc(C(F)(F)F)c2)CN(C(=O)OC(C)(C)C)CCC1O. The fraction of sp³-hybridized carbons (Fsp3) is 0.636. The van der Waals surface area contributed by atoms with Crippen molar-refractivity contribution >= 4 is 12.1 Å². The van der Waals surface area contributed by atoms with E-state index < -0.39 is 40.9 Å². The standard InChI is InChI=1S/C22H30F3NO5/c1-5-30-18(28)21(11-9-15-7-6-8-16(13-15)22(23,24)25)14-26(12-10-17(21)27)19(29)31-20(2,3)4/h6-8,13,17,27H,5,9-12,14H2,1-4H3. The van der Waals surface area contributed by atoms with Crippen LogP contribution in [0.25, 0.3) is 0 Å². The fourth-order valence-electron chi connectivity index (χ4n) is 3.66. The van der Waals surface area contributed by atoms with Crippen LogP contribution < -0.4 is 0 Å². The van der Waals surface area contributed by atoms with Gasteiger partial charge in [-0.05, 0) is 58.6 Å². The molecule has 1 fully saturated rings. The second-order valence-electron chi connectivity index (χ2n) is 8.78. The number of amides is 1. The molecule has 1 amide bonds. The first-order valence-electron chi connectivity index (χ1n) is 10.3. The Labute approximate surface area is 180 Å². The topological polar surface area (TPSA) is 76.1 Å². The first kappa shape index (κ1) is 25.0. The van der Waals surface area contributed by atoms with Gasteiger partial charge < -0.3 is 19.5 Å². The van der Waals surface area contributed by atoms with Gasteiger partial charge in [0.15, 0.2) is 0 Å². The molecule has 0 bridgehead atoms. The number of aryl methyl sites for hydroxylation is 1. The largest absolute Gasteiger partial charge is 0.465 e. The minimum absolute atomic E-state index is 0.0214. The van der Waals surface area contributed by atoms with Gasteiger partial charge in [0.25, 0.3) is 0 Å². The first-order chi connectivity index (χ1) is 14.3. The summed E-state index contributed by atoms with van der Waals surface area (Å²) >= 11 is 0. The van der Waals surface area contributed by atoms with Crippen LogP contribution in [-0.4, -0.2) is 53.5 Å². The molecule has 1 aromatic carbocycles. The van der Waals surface area contributed by atoms with E-state index >= 15 is 0 Å². The Balaban J connectivity index is 2.28. The molecule has 0 saturated carbocycles. The highest BCUT2D eigenvalue weighted by atomic mass is 19.4. The van der Waals surface area contributed by atoms with E-state index in [4.69, 9.17) is 9.47 Å². The summed E-state index contributed by atoms with van der Waals surface area (Å²) in [5.74, 6) is -0.678. The fourth-order valence-corrected chi connectivity index (χ4v) is 3.66. The lowest BCUT2D eigenvalue weighted by Crippen LogP contribution is -2.58. The van der Waals surface area contributed by atoms with Crippen molar-refractivity contribution in [3.63, 3.8) is 0 Å². The maximum absolute atomic E-state index is 13.0. The molecule has 6 nitrogen and oxygen atoms in total. The third-order valence-electron chi connectivity index (χ3n) is 5.23. The average molecular weight is 445 g/mol. The zero-order valence-electron chi connectivity index (χ0n) is 18.3. The van der Waals surface area contributed by atoms with Gasteiger partial charge in [0.1, 0.15) is 11.0 Å². The zero-order chi connectivity index (χ0) is 23.4. The first-order valence-corrected chi connectivity index (χ1v) is 10.3.